The van der Waals surface area contributed by atoms with Gasteiger partial charge in [0.15, 0.2) is 0 Å². The number of aliphatic hydroxyl groups is 1. The highest BCUT2D eigenvalue weighted by atomic mass is 16.5. The van der Waals surface area contributed by atoms with Gasteiger partial charge in [-0.05, 0) is 26.0 Å². The number of aromatic nitrogens is 1. The summed E-state index contributed by atoms with van der Waals surface area (Å²) >= 11 is 0. The van der Waals surface area contributed by atoms with Crippen LogP contribution in [0.15, 0.2) is 18.3 Å². The van der Waals surface area contributed by atoms with Crippen molar-refractivity contribution in [3.63, 3.8) is 0 Å². The van der Waals surface area contributed by atoms with E-state index in [0.29, 0.717) is 24.4 Å². The molecule has 0 fully saturated rings. The molecule has 0 aliphatic carbocycles. The normalized spacial score (nSPS) is 10.1. The van der Waals surface area contributed by atoms with E-state index in [1.807, 2.05) is 13.8 Å². The summed E-state index contributed by atoms with van der Waals surface area (Å²) in [6.45, 7) is 4.59. The van der Waals surface area contributed by atoms with Gasteiger partial charge in [-0.3, -0.25) is 4.79 Å². The van der Waals surface area contributed by atoms with E-state index in [-0.39, 0.29) is 18.6 Å². The number of hydrogen-bond donors (Lipinski definition) is 1. The van der Waals surface area contributed by atoms with Crippen LogP contribution < -0.4 is 0 Å². The molecule has 0 aromatic carbocycles. The van der Waals surface area contributed by atoms with Crippen LogP contribution in [0.5, 0.6) is 0 Å². The van der Waals surface area contributed by atoms with Crippen LogP contribution in [0.25, 0.3) is 0 Å². The molecule has 0 aliphatic rings. The van der Waals surface area contributed by atoms with Gasteiger partial charge in [-0.1, -0.05) is 11.8 Å². The van der Waals surface area contributed by atoms with E-state index >= 15 is 0 Å². The minimum Gasteiger partial charge on any atom is -0.384 e. The number of pyridine rings is 1. The van der Waals surface area contributed by atoms with Crippen molar-refractivity contribution in [2.45, 2.75) is 19.9 Å². The molecular formula is C15H20N2O3. The Morgan fingerprint density at radius 3 is 2.90 bits per heavy atom. The fourth-order valence-electron chi connectivity index (χ4n) is 1.73. The third kappa shape index (κ3) is 4.34. The van der Waals surface area contributed by atoms with Crippen molar-refractivity contribution in [1.82, 2.24) is 9.88 Å². The van der Waals surface area contributed by atoms with Gasteiger partial charge >= 0.3 is 0 Å². The number of nitrogens with zero attached hydrogens (tertiary/aromatic N) is 2. The number of aliphatic hydroxyl groups excluding tert-OH is 1. The zero-order valence-corrected chi connectivity index (χ0v) is 12.1. The summed E-state index contributed by atoms with van der Waals surface area (Å²) < 4.78 is 5.03. The first-order chi connectivity index (χ1) is 9.61. The Hall–Kier alpha value is -1.90. The van der Waals surface area contributed by atoms with Crippen LogP contribution in [0.3, 0.4) is 0 Å². The molecule has 5 heteroatoms. The molecule has 0 atom stereocenters. The molecule has 1 N–H and O–H groups in total. The van der Waals surface area contributed by atoms with E-state index in [9.17, 15) is 4.79 Å². The van der Waals surface area contributed by atoms with Gasteiger partial charge in [-0.25, -0.2) is 4.98 Å². The molecule has 108 valence electrons. The van der Waals surface area contributed by atoms with Crippen LogP contribution in [0.2, 0.25) is 0 Å². The second kappa shape index (κ2) is 8.31. The van der Waals surface area contributed by atoms with Crippen molar-refractivity contribution in [2.24, 2.45) is 0 Å². The van der Waals surface area contributed by atoms with Gasteiger partial charge in [-0.15, -0.1) is 0 Å². The monoisotopic (exact) mass is 276 g/mol. The van der Waals surface area contributed by atoms with Crippen molar-refractivity contribution in [2.75, 3.05) is 26.9 Å². The number of methoxy groups -OCH3 is 1. The van der Waals surface area contributed by atoms with Gasteiger partial charge in [0, 0.05) is 25.9 Å². The molecule has 1 rings (SSSR count). The van der Waals surface area contributed by atoms with E-state index in [4.69, 9.17) is 9.84 Å². The molecule has 0 saturated heterocycles. The van der Waals surface area contributed by atoms with Crippen molar-refractivity contribution in [3.8, 4) is 11.8 Å². The van der Waals surface area contributed by atoms with Gasteiger partial charge in [0.1, 0.15) is 12.3 Å². The van der Waals surface area contributed by atoms with Crippen LogP contribution >= 0.6 is 0 Å². The maximum Gasteiger partial charge on any atom is 0.274 e. The number of hydrogen-bond acceptors (Lipinski definition) is 4. The third-order valence-electron chi connectivity index (χ3n) is 2.73. The molecule has 0 unspecified atom stereocenters. The Morgan fingerprint density at radius 2 is 2.30 bits per heavy atom. The number of carbonyl (C=O) groups is 1. The van der Waals surface area contributed by atoms with Crippen LogP contribution in [0.1, 0.15) is 29.9 Å². The summed E-state index contributed by atoms with van der Waals surface area (Å²) in [5.74, 6) is 5.11. The minimum atomic E-state index is -0.250. The fraction of sp³-hybridized carbons (Fsp3) is 0.467. The molecule has 1 aromatic heterocycles. The molecule has 0 radical (unpaired) electrons. The highest BCUT2D eigenvalue weighted by molar-refractivity contribution is 5.95. The standard InChI is InChI=1S/C15H20N2O3/c1-12(2)17(9-11-20-3)15(19)14-13(7-5-10-18)6-4-8-16-14/h4,6,8,12,18H,9-11H2,1-3H3. The highest BCUT2D eigenvalue weighted by Crippen LogP contribution is 2.10. The summed E-state index contributed by atoms with van der Waals surface area (Å²) in [4.78, 5) is 18.4. The van der Waals surface area contributed by atoms with Crippen molar-refractivity contribution < 1.29 is 14.6 Å². The molecule has 0 bridgehead atoms. The number of ether oxygens (including phenoxy) is 1. The lowest BCUT2D eigenvalue weighted by Crippen LogP contribution is -2.40. The zero-order chi connectivity index (χ0) is 15.0. The Labute approximate surface area is 119 Å². The first kappa shape index (κ1) is 16.2. The zero-order valence-electron chi connectivity index (χ0n) is 12.1. The van der Waals surface area contributed by atoms with E-state index in [1.54, 1.807) is 30.3 Å². The van der Waals surface area contributed by atoms with Gasteiger partial charge < -0.3 is 14.7 Å². The number of carbonyl (C=O) groups excluding carboxylic acids is 1. The Kier molecular flexibility index (Phi) is 6.71. The van der Waals surface area contributed by atoms with Crippen molar-refractivity contribution in [3.05, 3.63) is 29.6 Å². The lowest BCUT2D eigenvalue weighted by molar-refractivity contribution is 0.0629. The molecule has 1 amide bonds. The fourth-order valence-corrected chi connectivity index (χ4v) is 1.73. The molecule has 0 saturated carbocycles. The third-order valence-corrected chi connectivity index (χ3v) is 2.73. The van der Waals surface area contributed by atoms with Crippen LogP contribution in [-0.2, 0) is 4.74 Å². The average Bonchev–Trinajstić information content (AvgIpc) is 2.45. The molecular weight excluding hydrogens is 256 g/mol. The van der Waals surface area contributed by atoms with Gasteiger partial charge in [-0.2, -0.15) is 0 Å². The van der Waals surface area contributed by atoms with E-state index in [0.717, 1.165) is 0 Å². The molecule has 5 nitrogen and oxygen atoms in total. The quantitative estimate of drug-likeness (QED) is 0.812. The maximum absolute atomic E-state index is 12.6. The summed E-state index contributed by atoms with van der Waals surface area (Å²) in [5, 5.41) is 8.76. The molecule has 0 aliphatic heterocycles. The van der Waals surface area contributed by atoms with Crippen LogP contribution in [0.4, 0.5) is 0 Å². The molecule has 1 aromatic rings. The SMILES string of the molecule is COCCN(C(=O)c1ncccc1C#CCO)C(C)C. The summed E-state index contributed by atoms with van der Waals surface area (Å²) in [7, 11) is 1.60. The average molecular weight is 276 g/mol. The van der Waals surface area contributed by atoms with E-state index in [2.05, 4.69) is 16.8 Å². The van der Waals surface area contributed by atoms with Crippen molar-refractivity contribution in [1.29, 1.82) is 0 Å². The van der Waals surface area contributed by atoms with Gasteiger partial charge in [0.2, 0.25) is 0 Å². The lowest BCUT2D eigenvalue weighted by Gasteiger charge is -2.26. The largest absolute Gasteiger partial charge is 0.384 e. The Morgan fingerprint density at radius 1 is 1.55 bits per heavy atom. The summed E-state index contributed by atoms with van der Waals surface area (Å²) in [6, 6.07) is 3.48. The smallest absolute Gasteiger partial charge is 0.274 e. The second-order valence-corrected chi connectivity index (χ2v) is 4.44. The van der Waals surface area contributed by atoms with Gasteiger partial charge in [0.25, 0.3) is 5.91 Å². The predicted octanol–water partition coefficient (Wildman–Crippen LogP) is 0.922. The lowest BCUT2D eigenvalue weighted by atomic mass is 10.1. The first-order valence-corrected chi connectivity index (χ1v) is 6.46. The topological polar surface area (TPSA) is 62.7 Å². The predicted molar refractivity (Wildman–Crippen MR) is 76.2 cm³/mol. The maximum atomic E-state index is 12.6. The highest BCUT2D eigenvalue weighted by Gasteiger charge is 2.21. The summed E-state index contributed by atoms with van der Waals surface area (Å²) in [5.41, 5.74) is 0.827. The molecule has 20 heavy (non-hydrogen) atoms. The van der Waals surface area contributed by atoms with Crippen LogP contribution in [-0.4, -0.2) is 53.8 Å². The first-order valence-electron chi connectivity index (χ1n) is 6.46. The molecule has 1 heterocycles. The second-order valence-electron chi connectivity index (χ2n) is 4.44. The van der Waals surface area contributed by atoms with E-state index in [1.165, 1.54) is 0 Å². The van der Waals surface area contributed by atoms with E-state index < -0.39 is 0 Å². The molecule has 0 spiro atoms. The van der Waals surface area contributed by atoms with Gasteiger partial charge in [0.05, 0.1) is 12.2 Å². The van der Waals surface area contributed by atoms with Crippen LogP contribution in [0, 0.1) is 11.8 Å². The number of amides is 1. The van der Waals surface area contributed by atoms with Crippen molar-refractivity contribution >= 4 is 5.91 Å². The summed E-state index contributed by atoms with van der Waals surface area (Å²) in [6.07, 6.45) is 1.56. The number of rotatable bonds is 5. The Bertz CT molecular complexity index is 503. The Balaban J connectivity index is 3.05. The minimum absolute atomic E-state index is 0.0401.